The molecular weight excluding hydrogens is 861 g/mol. The van der Waals surface area contributed by atoms with Crippen LogP contribution in [-0.4, -0.2) is 29.9 Å². The third kappa shape index (κ3) is 6.61. The van der Waals surface area contributed by atoms with E-state index in [1.165, 1.54) is 53.6 Å². The van der Waals surface area contributed by atoms with Gasteiger partial charge in [0.15, 0.2) is 34.9 Å². The molecule has 12 aromatic rings. The molecule has 6 nitrogen and oxygen atoms in total. The Morgan fingerprint density at radius 2 is 0.638 bits per heavy atom. The van der Waals surface area contributed by atoms with Gasteiger partial charge in [0.05, 0.1) is 0 Å². The minimum absolute atomic E-state index is 0.0164. The van der Waals surface area contributed by atoms with Gasteiger partial charge in [-0.25, -0.2) is 29.9 Å². The highest BCUT2D eigenvalue weighted by Gasteiger charge is 2.41. The molecule has 69 heavy (non-hydrogen) atoms. The smallest absolute Gasteiger partial charge is 0.164 e. The van der Waals surface area contributed by atoms with E-state index in [-0.39, 0.29) is 11.8 Å². The number of hydrogen-bond donors (Lipinski definition) is 0. The molecule has 0 spiro atoms. The quantitative estimate of drug-likeness (QED) is 0.159. The van der Waals surface area contributed by atoms with Crippen molar-refractivity contribution in [2.24, 2.45) is 0 Å². The van der Waals surface area contributed by atoms with Crippen molar-refractivity contribution in [1.29, 1.82) is 0 Å². The van der Waals surface area contributed by atoms with Gasteiger partial charge in [0, 0.05) is 65.4 Å². The first-order valence-corrected chi connectivity index (χ1v) is 24.1. The summed E-state index contributed by atoms with van der Waals surface area (Å²) < 4.78 is 2.55. The van der Waals surface area contributed by atoms with E-state index < -0.39 is 0 Å². The van der Waals surface area contributed by atoms with E-state index in [1.54, 1.807) is 0 Å². The maximum atomic E-state index is 5.35. The van der Waals surface area contributed by atoms with Gasteiger partial charge in [0.1, 0.15) is 0 Å². The Morgan fingerprint density at radius 1 is 0.246 bits per heavy atom. The van der Waals surface area contributed by atoms with Gasteiger partial charge < -0.3 is 0 Å². The molecule has 3 aromatic heterocycles. The highest BCUT2D eigenvalue weighted by Crippen LogP contribution is 2.56. The van der Waals surface area contributed by atoms with Crippen molar-refractivity contribution in [3.63, 3.8) is 0 Å². The molecule has 0 N–H and O–H groups in total. The lowest BCUT2D eigenvalue weighted by Crippen LogP contribution is -2.27. The first kappa shape index (κ1) is 39.4. The maximum absolute atomic E-state index is 5.35. The number of thiophene rings is 1. The predicted molar refractivity (Wildman–Crippen MR) is 279 cm³/mol. The van der Waals surface area contributed by atoms with Crippen LogP contribution < -0.4 is 0 Å². The topological polar surface area (TPSA) is 77.3 Å². The molecule has 2 unspecified atom stereocenters. The molecule has 0 saturated heterocycles. The molecule has 2 bridgehead atoms. The van der Waals surface area contributed by atoms with Gasteiger partial charge in [-0.3, -0.25) is 0 Å². The lowest BCUT2D eigenvalue weighted by molar-refractivity contribution is 0.754. The number of nitrogens with zero attached hydrogens (tertiary/aromatic N) is 6. The van der Waals surface area contributed by atoms with Crippen molar-refractivity contribution in [3.05, 3.63) is 252 Å². The van der Waals surface area contributed by atoms with Gasteiger partial charge in [-0.15, -0.1) is 11.3 Å². The predicted octanol–water partition coefficient (Wildman–Crippen LogP) is 15.1. The van der Waals surface area contributed by atoms with Crippen LogP contribution in [0.15, 0.2) is 218 Å². The minimum Gasteiger partial charge on any atom is -0.208 e. The van der Waals surface area contributed by atoms with Crippen LogP contribution in [0, 0.1) is 0 Å². The summed E-state index contributed by atoms with van der Waals surface area (Å²) in [5, 5.41) is 2.56. The summed E-state index contributed by atoms with van der Waals surface area (Å²) in [4.78, 5) is 31.0. The fourth-order valence-electron chi connectivity index (χ4n) is 10.6. The number of rotatable bonds is 7. The fraction of sp³-hybridized carbons (Fsp3) is 0.0323. The average molecular weight is 899 g/mol. The van der Waals surface area contributed by atoms with Crippen molar-refractivity contribution in [2.45, 2.75) is 11.8 Å². The van der Waals surface area contributed by atoms with Crippen LogP contribution in [0.2, 0.25) is 0 Å². The highest BCUT2D eigenvalue weighted by molar-refractivity contribution is 7.25. The summed E-state index contributed by atoms with van der Waals surface area (Å²) in [6.45, 7) is 0. The van der Waals surface area contributed by atoms with E-state index in [2.05, 4.69) is 164 Å². The Bertz CT molecular complexity index is 3920. The summed E-state index contributed by atoms with van der Waals surface area (Å²) >= 11 is 1.83. The fourth-order valence-corrected chi connectivity index (χ4v) is 11.7. The molecule has 9 aromatic carbocycles. The first-order valence-electron chi connectivity index (χ1n) is 23.3. The summed E-state index contributed by atoms with van der Waals surface area (Å²) in [6, 6.07) is 77.0. The second-order valence-electron chi connectivity index (χ2n) is 17.7. The molecule has 0 amide bonds. The Hall–Kier alpha value is -8.78. The Morgan fingerprint density at radius 3 is 1.17 bits per heavy atom. The molecule has 0 saturated carbocycles. The lowest BCUT2D eigenvalue weighted by Gasteiger charge is -2.42. The molecule has 322 valence electrons. The lowest BCUT2D eigenvalue weighted by atomic mass is 9.61. The van der Waals surface area contributed by atoms with Crippen LogP contribution in [0.5, 0.6) is 0 Å². The molecular formula is C62H38N6S. The maximum Gasteiger partial charge on any atom is 0.164 e. The minimum atomic E-state index is 0.0164. The molecule has 15 rings (SSSR count). The molecule has 0 fully saturated rings. The van der Waals surface area contributed by atoms with Gasteiger partial charge in [0.2, 0.25) is 0 Å². The van der Waals surface area contributed by atoms with E-state index in [4.69, 9.17) is 29.9 Å². The normalized spacial score (nSPS) is 14.4. The van der Waals surface area contributed by atoms with Crippen molar-refractivity contribution in [3.8, 4) is 79.5 Å². The second-order valence-corrected chi connectivity index (χ2v) is 18.8. The van der Waals surface area contributed by atoms with Gasteiger partial charge >= 0.3 is 0 Å². The average Bonchev–Trinajstić information content (AvgIpc) is 3.81. The second kappa shape index (κ2) is 15.9. The van der Waals surface area contributed by atoms with Gasteiger partial charge in [-0.05, 0) is 68.8 Å². The summed E-state index contributed by atoms with van der Waals surface area (Å²) in [5.74, 6) is 3.90. The van der Waals surface area contributed by atoms with E-state index in [0.29, 0.717) is 34.9 Å². The SMILES string of the molecule is c1ccc(-c2nc(-c3ccccc3)nc(-c3ccc4c(c3)C3c5ccccc5C4c4cc(-c5nc(-c6ccccc6)nc(-c6ccccc6-c6ccc7c(c6)sc6ccccc67)n5)ccc43)n2)cc1. The monoisotopic (exact) mass is 898 g/mol. The van der Waals surface area contributed by atoms with E-state index in [0.717, 1.165) is 44.5 Å². The molecule has 3 heterocycles. The Labute approximate surface area is 402 Å². The standard InChI is InChI=1S/C62H38N6S/c1-4-16-37(17-5-1)57-63-58(38-18-6-2-7-19-38)65-60(64-57)41-29-32-48-51(34-41)55-46-24-11-12-25-47(46)56(48)52-35-42(30-33-49(52)55)61-66-59(39-20-8-3-9-21-39)67-62(68-61)50-26-13-10-22-43(50)40-28-31-45-44-23-14-15-27-53(44)69-54(45)36-40/h1-36,55-56H. The number of hydrogen-bond acceptors (Lipinski definition) is 7. The zero-order valence-corrected chi connectivity index (χ0v) is 37.8. The van der Waals surface area contributed by atoms with Crippen LogP contribution in [0.3, 0.4) is 0 Å². The largest absolute Gasteiger partial charge is 0.208 e. The van der Waals surface area contributed by atoms with E-state index >= 15 is 0 Å². The van der Waals surface area contributed by atoms with E-state index in [9.17, 15) is 0 Å². The number of benzene rings is 9. The van der Waals surface area contributed by atoms with Crippen molar-refractivity contribution < 1.29 is 0 Å². The first-order chi connectivity index (χ1) is 34.2. The van der Waals surface area contributed by atoms with Crippen molar-refractivity contribution >= 4 is 31.5 Å². The molecule has 0 aliphatic heterocycles. The van der Waals surface area contributed by atoms with E-state index in [1.807, 2.05) is 65.9 Å². The molecule has 3 aliphatic rings. The van der Waals surface area contributed by atoms with Crippen molar-refractivity contribution in [1.82, 2.24) is 29.9 Å². The molecule has 3 aliphatic carbocycles. The summed E-state index contributed by atoms with van der Waals surface area (Å²) in [5.41, 5.74) is 15.7. The third-order valence-corrected chi connectivity index (χ3v) is 14.9. The summed E-state index contributed by atoms with van der Waals surface area (Å²) in [7, 11) is 0. The molecule has 0 radical (unpaired) electrons. The van der Waals surface area contributed by atoms with Crippen LogP contribution in [0.4, 0.5) is 0 Å². The van der Waals surface area contributed by atoms with Crippen LogP contribution in [-0.2, 0) is 0 Å². The van der Waals surface area contributed by atoms with Gasteiger partial charge in [-0.1, -0.05) is 194 Å². The highest BCUT2D eigenvalue weighted by atomic mass is 32.1. The van der Waals surface area contributed by atoms with Crippen LogP contribution >= 0.6 is 11.3 Å². The zero-order chi connectivity index (χ0) is 45.4. The van der Waals surface area contributed by atoms with Crippen LogP contribution in [0.1, 0.15) is 45.2 Å². The van der Waals surface area contributed by atoms with Gasteiger partial charge in [-0.2, -0.15) is 0 Å². The third-order valence-electron chi connectivity index (χ3n) is 13.8. The Kier molecular flexibility index (Phi) is 9.10. The van der Waals surface area contributed by atoms with Gasteiger partial charge in [0.25, 0.3) is 0 Å². The summed E-state index contributed by atoms with van der Waals surface area (Å²) in [6.07, 6.45) is 0. The number of fused-ring (bicyclic) bond motifs is 3. The molecule has 2 atom stereocenters. The molecule has 7 heteroatoms. The number of aromatic nitrogens is 6. The zero-order valence-electron chi connectivity index (χ0n) is 37.0. The van der Waals surface area contributed by atoms with Crippen molar-refractivity contribution in [2.75, 3.05) is 0 Å². The Balaban J connectivity index is 0.891. The van der Waals surface area contributed by atoms with Crippen LogP contribution in [0.25, 0.3) is 99.6 Å².